The van der Waals surface area contributed by atoms with Crippen molar-refractivity contribution in [3.63, 3.8) is 0 Å². The van der Waals surface area contributed by atoms with Crippen LogP contribution in [0.15, 0.2) is 24.3 Å². The van der Waals surface area contributed by atoms with E-state index in [2.05, 4.69) is 37.2 Å². The van der Waals surface area contributed by atoms with Crippen LogP contribution in [0.25, 0.3) is 0 Å². The van der Waals surface area contributed by atoms with Gasteiger partial charge < -0.3 is 64.0 Å². The van der Waals surface area contributed by atoms with Gasteiger partial charge >= 0.3 is 11.9 Å². The van der Waals surface area contributed by atoms with E-state index in [-0.39, 0.29) is 63.2 Å². The fraction of sp³-hybridized carbons (Fsp3) is 0.575. The third-order valence-electron chi connectivity index (χ3n) is 9.77. The molecule has 14 N–H and O–H groups in total. The molecule has 7 atom stereocenters. The van der Waals surface area contributed by atoms with Crippen LogP contribution >= 0.6 is 0 Å². The van der Waals surface area contributed by atoms with Crippen LogP contribution in [0.3, 0.4) is 0 Å². The lowest BCUT2D eigenvalue weighted by Crippen LogP contribution is -2.64. The Labute approximate surface area is 376 Å². The van der Waals surface area contributed by atoms with Gasteiger partial charge in [-0.25, -0.2) is 0 Å². The molecule has 1 aromatic rings. The Balaban J connectivity index is 2.67. The van der Waals surface area contributed by atoms with Gasteiger partial charge in [-0.1, -0.05) is 26.0 Å². The van der Waals surface area contributed by atoms with E-state index in [1.165, 1.54) is 24.3 Å². The second-order valence-electron chi connectivity index (χ2n) is 16.1. The number of carboxylic acids is 2. The van der Waals surface area contributed by atoms with Crippen LogP contribution in [-0.4, -0.2) is 138 Å². The predicted molar refractivity (Wildman–Crippen MR) is 229 cm³/mol. The standard InChI is InChI=1S/C40H59N9O15S/c1-21(2)15-25-37(61)47-26(16-22-10-12-23(50)13-11-22)38(62)49-40(3,18-33(56)57)39(63)48-27(17-29(41)51)35(59)43-14-5-4-8-30(52)45-28(34(42)58)19-65(64)20-31(53)44-24(36(60)46-25)7-6-9-32(54)55/h10-13,21,24-28,50H,4-9,14-20H2,1-3H3,(H2,41,51)(H2,42,58)(H,43,59)(H,44,53)(H,45,52)(H,46,60)(H,47,61)(H,48,63)(H,49,62)(H,54,55)(H,56,57)/t24-,25-,26-,27-,28-,40-,65+/m0/s1. The Morgan fingerprint density at radius 1 is 0.785 bits per heavy atom. The first-order valence-electron chi connectivity index (χ1n) is 20.6. The minimum absolute atomic E-state index is 0.0758. The first-order chi connectivity index (χ1) is 30.4. The topological polar surface area (TPSA) is 402 Å². The Morgan fingerprint density at radius 2 is 1.42 bits per heavy atom. The number of aromatic hydroxyl groups is 1. The molecule has 2 rings (SSSR count). The predicted octanol–water partition coefficient (Wildman–Crippen LogP) is -3.58. The molecule has 1 aliphatic heterocycles. The van der Waals surface area contributed by atoms with Crippen molar-refractivity contribution in [2.24, 2.45) is 17.4 Å². The molecule has 360 valence electrons. The van der Waals surface area contributed by atoms with E-state index >= 15 is 0 Å². The summed E-state index contributed by atoms with van der Waals surface area (Å²) in [4.78, 5) is 143. The molecule has 1 aliphatic rings. The van der Waals surface area contributed by atoms with Gasteiger partial charge in [0.2, 0.25) is 53.2 Å². The zero-order valence-corrected chi connectivity index (χ0v) is 37.1. The third-order valence-corrected chi connectivity index (χ3v) is 11.1. The molecule has 0 aliphatic carbocycles. The average molecular weight is 938 g/mol. The lowest BCUT2D eigenvalue weighted by molar-refractivity contribution is -0.145. The van der Waals surface area contributed by atoms with E-state index in [9.17, 15) is 72.3 Å². The second kappa shape index (κ2) is 26.2. The number of aliphatic carboxylic acids is 2. The Morgan fingerprint density at radius 3 is 2.00 bits per heavy atom. The molecule has 1 fully saturated rings. The van der Waals surface area contributed by atoms with Crippen molar-refractivity contribution >= 4 is 75.9 Å². The zero-order chi connectivity index (χ0) is 49.0. The number of hydrogen-bond donors (Lipinski definition) is 12. The highest BCUT2D eigenvalue weighted by atomic mass is 32.2. The molecule has 25 heteroatoms. The van der Waals surface area contributed by atoms with Gasteiger partial charge in [-0.15, -0.1) is 0 Å². The van der Waals surface area contributed by atoms with Gasteiger partial charge in [-0.3, -0.25) is 56.9 Å². The highest BCUT2D eigenvalue weighted by Crippen LogP contribution is 2.16. The van der Waals surface area contributed by atoms with Gasteiger partial charge in [-0.2, -0.15) is 0 Å². The number of primary amides is 2. The molecule has 24 nitrogen and oxygen atoms in total. The molecule has 65 heavy (non-hydrogen) atoms. The van der Waals surface area contributed by atoms with Gasteiger partial charge in [0.1, 0.15) is 47.3 Å². The normalized spacial score (nSPS) is 25.3. The van der Waals surface area contributed by atoms with Crippen LogP contribution in [0.5, 0.6) is 5.75 Å². The number of nitrogens with one attached hydrogen (secondary N) is 7. The monoisotopic (exact) mass is 937 g/mol. The highest BCUT2D eigenvalue weighted by molar-refractivity contribution is 7.85. The van der Waals surface area contributed by atoms with Gasteiger partial charge in [0, 0.05) is 36.6 Å². The van der Waals surface area contributed by atoms with Crippen LogP contribution in [0.1, 0.15) is 84.1 Å². The summed E-state index contributed by atoms with van der Waals surface area (Å²) in [5.41, 5.74) is 8.75. The quantitative estimate of drug-likeness (QED) is 0.0910. The van der Waals surface area contributed by atoms with E-state index < -0.39 is 142 Å². The van der Waals surface area contributed by atoms with Crippen LogP contribution in [0.2, 0.25) is 0 Å². The number of nitrogens with two attached hydrogens (primary N) is 2. The fourth-order valence-corrected chi connectivity index (χ4v) is 7.57. The van der Waals surface area contributed by atoms with Crippen molar-refractivity contribution in [1.29, 1.82) is 0 Å². The molecule has 0 aromatic heterocycles. The molecule has 1 saturated heterocycles. The SMILES string of the molecule is CC(C)C[C@@H]1NC(=O)[C@H](CCCC(=O)O)NC(=O)C[S@](=O)C[C@@H](C(N)=O)NC(=O)CCCCNC(=O)[C@H](CC(N)=O)NC(=O)[C@](C)(CC(=O)O)NC(=O)[C@H](Cc2ccc(O)cc2)NC1=O. The summed E-state index contributed by atoms with van der Waals surface area (Å²) in [5, 5.41) is 45.7. The number of benzene rings is 1. The zero-order valence-electron chi connectivity index (χ0n) is 36.3. The molecule has 9 amide bonds. The van der Waals surface area contributed by atoms with E-state index in [0.717, 1.165) is 6.92 Å². The van der Waals surface area contributed by atoms with E-state index in [1.54, 1.807) is 13.8 Å². The Bertz CT molecular complexity index is 1970. The summed E-state index contributed by atoms with van der Waals surface area (Å²) in [6, 6.07) is -2.35. The molecule has 0 spiro atoms. The maximum atomic E-state index is 14.2. The van der Waals surface area contributed by atoms with E-state index in [0.29, 0.717) is 5.56 Å². The Hall–Kier alpha value is -6.66. The molecule has 1 aromatic carbocycles. The highest BCUT2D eigenvalue weighted by Gasteiger charge is 2.42. The van der Waals surface area contributed by atoms with Gasteiger partial charge in [0.15, 0.2) is 0 Å². The number of carboxylic acid groups (broad SMARTS) is 2. The second-order valence-corrected chi connectivity index (χ2v) is 17.6. The van der Waals surface area contributed by atoms with Gasteiger partial charge in [0.25, 0.3) is 0 Å². The number of rotatable bonds is 13. The van der Waals surface area contributed by atoms with E-state index in [1.807, 2.05) is 0 Å². The molecule has 0 saturated carbocycles. The molecule has 0 radical (unpaired) electrons. The molecular formula is C40H59N9O15S. The third kappa shape index (κ3) is 20.2. The maximum Gasteiger partial charge on any atom is 0.306 e. The van der Waals surface area contributed by atoms with Crippen molar-refractivity contribution in [3.8, 4) is 5.75 Å². The molecule has 0 bridgehead atoms. The fourth-order valence-electron chi connectivity index (χ4n) is 6.46. The van der Waals surface area contributed by atoms with Crippen molar-refractivity contribution in [2.45, 2.75) is 121 Å². The lowest BCUT2D eigenvalue weighted by atomic mass is 9.94. The summed E-state index contributed by atoms with van der Waals surface area (Å²) >= 11 is 0. The number of carbonyl (C=O) groups is 11. The summed E-state index contributed by atoms with van der Waals surface area (Å²) in [5.74, 6) is -13.7. The van der Waals surface area contributed by atoms with Crippen molar-refractivity contribution < 1.29 is 72.3 Å². The number of carbonyl (C=O) groups excluding carboxylic acids is 9. The molecule has 0 unspecified atom stereocenters. The Kier molecular flexibility index (Phi) is 22.0. The van der Waals surface area contributed by atoms with Crippen LogP contribution in [0, 0.1) is 5.92 Å². The van der Waals surface area contributed by atoms with Gasteiger partial charge in [0.05, 0.1) is 18.6 Å². The number of hydrogen-bond acceptors (Lipinski definition) is 13. The van der Waals surface area contributed by atoms with E-state index in [4.69, 9.17) is 11.5 Å². The minimum Gasteiger partial charge on any atom is -0.508 e. The number of phenolic OH excluding ortho intramolecular Hbond substituents is 1. The number of amides is 9. The van der Waals surface area contributed by atoms with Crippen LogP contribution in [-0.2, 0) is 70.0 Å². The summed E-state index contributed by atoms with van der Waals surface area (Å²) in [6.45, 7) is 4.29. The van der Waals surface area contributed by atoms with Crippen molar-refractivity contribution in [1.82, 2.24) is 37.2 Å². The van der Waals surface area contributed by atoms with Crippen molar-refractivity contribution in [2.75, 3.05) is 18.1 Å². The van der Waals surface area contributed by atoms with Gasteiger partial charge in [-0.05, 0) is 62.6 Å². The lowest BCUT2D eigenvalue weighted by Gasteiger charge is -2.32. The summed E-state index contributed by atoms with van der Waals surface area (Å²) in [6.07, 6.45) is -3.09. The first kappa shape index (κ1) is 54.5. The smallest absolute Gasteiger partial charge is 0.306 e. The number of phenols is 1. The van der Waals surface area contributed by atoms with Crippen molar-refractivity contribution in [3.05, 3.63) is 29.8 Å². The maximum absolute atomic E-state index is 14.2. The van der Waals surface area contributed by atoms with Crippen LogP contribution < -0.4 is 48.7 Å². The van der Waals surface area contributed by atoms with Crippen LogP contribution in [0.4, 0.5) is 0 Å². The summed E-state index contributed by atoms with van der Waals surface area (Å²) < 4.78 is 13.0. The molecular weight excluding hydrogens is 879 g/mol. The average Bonchev–Trinajstić information content (AvgIpc) is 3.18. The minimum atomic E-state index is -2.37. The largest absolute Gasteiger partial charge is 0.508 e. The molecule has 1 heterocycles. The summed E-state index contributed by atoms with van der Waals surface area (Å²) in [7, 11) is -2.16. The first-order valence-corrected chi connectivity index (χ1v) is 22.1.